The van der Waals surface area contributed by atoms with E-state index in [1.807, 2.05) is 12.1 Å². The third-order valence-corrected chi connectivity index (χ3v) is 5.80. The van der Waals surface area contributed by atoms with Crippen molar-refractivity contribution in [1.82, 2.24) is 0 Å². The molecule has 0 aliphatic carbocycles. The van der Waals surface area contributed by atoms with Crippen molar-refractivity contribution < 1.29 is 17.9 Å². The van der Waals surface area contributed by atoms with Gasteiger partial charge in [0.2, 0.25) is 0 Å². The number of ether oxygens (including phenoxy) is 1. The topological polar surface area (TPSA) is 63.7 Å². The Morgan fingerprint density at radius 3 is 2.48 bits per heavy atom. The number of para-hydroxylation sites is 1. The largest absolute Gasteiger partial charge is 0.469 e. The second-order valence-electron chi connectivity index (χ2n) is 5.39. The van der Waals surface area contributed by atoms with Crippen LogP contribution in [0.1, 0.15) is 17.9 Å². The molecule has 0 radical (unpaired) electrons. The zero-order chi connectivity index (χ0) is 16.4. The maximum absolute atomic E-state index is 12.9. The van der Waals surface area contributed by atoms with Crippen molar-refractivity contribution in [3.63, 3.8) is 0 Å². The van der Waals surface area contributed by atoms with E-state index in [0.29, 0.717) is 5.69 Å². The van der Waals surface area contributed by atoms with Crippen molar-refractivity contribution in [2.24, 2.45) is 0 Å². The lowest BCUT2D eigenvalue weighted by molar-refractivity contribution is -0.140. The molecular formula is C17H17NO4S. The normalized spacial score (nSPS) is 16.9. The first-order chi connectivity index (χ1) is 11.0. The molecule has 0 N–H and O–H groups in total. The van der Waals surface area contributed by atoms with Crippen LogP contribution >= 0.6 is 0 Å². The summed E-state index contributed by atoms with van der Waals surface area (Å²) in [5.41, 5.74) is 1.49. The van der Waals surface area contributed by atoms with Gasteiger partial charge in [-0.2, -0.15) is 0 Å². The van der Waals surface area contributed by atoms with Crippen LogP contribution in [0.15, 0.2) is 59.5 Å². The van der Waals surface area contributed by atoms with Gasteiger partial charge in [0, 0.05) is 12.5 Å². The highest BCUT2D eigenvalue weighted by atomic mass is 32.2. The van der Waals surface area contributed by atoms with E-state index >= 15 is 0 Å². The quantitative estimate of drug-likeness (QED) is 0.808. The van der Waals surface area contributed by atoms with Crippen molar-refractivity contribution in [3.8, 4) is 0 Å². The van der Waals surface area contributed by atoms with Gasteiger partial charge in [-0.3, -0.25) is 9.10 Å². The lowest BCUT2D eigenvalue weighted by Gasteiger charge is -2.20. The van der Waals surface area contributed by atoms with Crippen LogP contribution in [0.3, 0.4) is 0 Å². The summed E-state index contributed by atoms with van der Waals surface area (Å²) in [6.07, 6.45) is 0.161. The molecule has 5 nitrogen and oxygen atoms in total. The highest BCUT2D eigenvalue weighted by molar-refractivity contribution is 7.92. The maximum Gasteiger partial charge on any atom is 0.306 e. The number of benzene rings is 2. The number of carbonyl (C=O) groups is 1. The van der Waals surface area contributed by atoms with E-state index in [1.165, 1.54) is 11.4 Å². The fourth-order valence-electron chi connectivity index (χ4n) is 2.86. The van der Waals surface area contributed by atoms with Crippen LogP contribution in [0, 0.1) is 0 Å². The number of anilines is 1. The van der Waals surface area contributed by atoms with Crippen molar-refractivity contribution in [2.75, 3.05) is 18.0 Å². The van der Waals surface area contributed by atoms with E-state index in [2.05, 4.69) is 0 Å². The SMILES string of the molecule is COC(=O)CC1CN(S(=O)(=O)c2ccccc2)c2ccccc21. The lowest BCUT2D eigenvalue weighted by atomic mass is 9.98. The molecule has 1 atom stereocenters. The number of hydrogen-bond acceptors (Lipinski definition) is 4. The molecule has 120 valence electrons. The van der Waals surface area contributed by atoms with E-state index in [9.17, 15) is 13.2 Å². The van der Waals surface area contributed by atoms with Gasteiger partial charge in [-0.05, 0) is 23.8 Å². The molecule has 0 amide bonds. The van der Waals surface area contributed by atoms with Gasteiger partial charge in [-0.15, -0.1) is 0 Å². The first-order valence-electron chi connectivity index (χ1n) is 7.27. The Morgan fingerprint density at radius 1 is 1.13 bits per heavy atom. The van der Waals surface area contributed by atoms with E-state index in [1.54, 1.807) is 42.5 Å². The molecule has 1 heterocycles. The van der Waals surface area contributed by atoms with Crippen molar-refractivity contribution in [2.45, 2.75) is 17.2 Å². The molecule has 1 unspecified atom stereocenters. The van der Waals surface area contributed by atoms with Crippen LogP contribution in [0.25, 0.3) is 0 Å². The molecule has 0 aromatic heterocycles. The third kappa shape index (κ3) is 2.82. The Hall–Kier alpha value is -2.34. The summed E-state index contributed by atoms with van der Waals surface area (Å²) < 4.78 is 31.9. The molecular weight excluding hydrogens is 314 g/mol. The number of rotatable bonds is 4. The second-order valence-corrected chi connectivity index (χ2v) is 7.25. The number of fused-ring (bicyclic) bond motifs is 1. The third-order valence-electron chi connectivity index (χ3n) is 4.00. The number of nitrogens with zero attached hydrogens (tertiary/aromatic N) is 1. The van der Waals surface area contributed by atoms with E-state index in [4.69, 9.17) is 4.74 Å². The van der Waals surface area contributed by atoms with Gasteiger partial charge in [0.1, 0.15) is 0 Å². The van der Waals surface area contributed by atoms with Crippen LogP contribution in [0.4, 0.5) is 5.69 Å². The van der Waals surface area contributed by atoms with E-state index in [0.717, 1.165) is 5.56 Å². The molecule has 1 aliphatic heterocycles. The summed E-state index contributed by atoms with van der Waals surface area (Å²) in [5.74, 6) is -0.541. The van der Waals surface area contributed by atoms with Crippen LogP contribution in [0.2, 0.25) is 0 Å². The summed E-state index contributed by atoms with van der Waals surface area (Å²) in [6.45, 7) is 0.242. The molecule has 2 aromatic carbocycles. The number of methoxy groups -OCH3 is 1. The summed E-state index contributed by atoms with van der Waals surface area (Å²) >= 11 is 0. The Balaban J connectivity index is 2.00. The van der Waals surface area contributed by atoms with Crippen molar-refractivity contribution >= 4 is 21.7 Å². The maximum atomic E-state index is 12.9. The minimum atomic E-state index is -3.65. The molecule has 0 bridgehead atoms. The van der Waals surface area contributed by atoms with Crippen molar-refractivity contribution in [1.29, 1.82) is 0 Å². The van der Waals surface area contributed by atoms with Gasteiger partial charge in [0.25, 0.3) is 10.0 Å². The van der Waals surface area contributed by atoms with Crippen LogP contribution in [-0.4, -0.2) is 28.0 Å². The zero-order valence-electron chi connectivity index (χ0n) is 12.7. The van der Waals surface area contributed by atoms with Gasteiger partial charge < -0.3 is 4.74 Å². The summed E-state index contributed by atoms with van der Waals surface area (Å²) in [7, 11) is -2.31. The highest BCUT2D eigenvalue weighted by Crippen LogP contribution is 2.41. The Bertz CT molecular complexity index is 817. The molecule has 3 rings (SSSR count). The Morgan fingerprint density at radius 2 is 1.78 bits per heavy atom. The average Bonchev–Trinajstić information content (AvgIpc) is 2.95. The van der Waals surface area contributed by atoms with Gasteiger partial charge in [0.05, 0.1) is 24.1 Å². The molecule has 23 heavy (non-hydrogen) atoms. The molecule has 0 saturated heterocycles. The fraction of sp³-hybridized carbons (Fsp3) is 0.235. The van der Waals surface area contributed by atoms with Gasteiger partial charge in [0.15, 0.2) is 0 Å². The Labute approximate surface area is 135 Å². The van der Waals surface area contributed by atoms with Crippen molar-refractivity contribution in [3.05, 3.63) is 60.2 Å². The molecule has 2 aromatic rings. The summed E-state index contributed by atoms with van der Waals surface area (Å²) in [5, 5.41) is 0. The number of esters is 1. The predicted octanol–water partition coefficient (Wildman–Crippen LogP) is 2.54. The summed E-state index contributed by atoms with van der Waals surface area (Å²) in [4.78, 5) is 11.9. The Kier molecular flexibility index (Phi) is 4.09. The highest BCUT2D eigenvalue weighted by Gasteiger charge is 2.37. The average molecular weight is 331 g/mol. The first-order valence-corrected chi connectivity index (χ1v) is 8.71. The standard InChI is InChI=1S/C17H17NO4S/c1-22-17(19)11-13-12-18(16-10-6-5-9-15(13)16)23(20,21)14-7-3-2-4-8-14/h2-10,13H,11-12H2,1H3. The monoisotopic (exact) mass is 331 g/mol. The van der Waals surface area contributed by atoms with E-state index < -0.39 is 10.0 Å². The molecule has 6 heteroatoms. The van der Waals surface area contributed by atoms with E-state index in [-0.39, 0.29) is 29.7 Å². The fourth-order valence-corrected chi connectivity index (χ4v) is 4.42. The zero-order valence-corrected chi connectivity index (χ0v) is 13.5. The lowest BCUT2D eigenvalue weighted by Crippen LogP contribution is -2.30. The van der Waals surface area contributed by atoms with Gasteiger partial charge >= 0.3 is 5.97 Å². The van der Waals surface area contributed by atoms with Gasteiger partial charge in [-0.1, -0.05) is 36.4 Å². The minimum Gasteiger partial charge on any atom is -0.469 e. The smallest absolute Gasteiger partial charge is 0.306 e. The first kappa shape index (κ1) is 15.6. The van der Waals surface area contributed by atoms with Crippen LogP contribution < -0.4 is 4.31 Å². The van der Waals surface area contributed by atoms with Gasteiger partial charge in [-0.25, -0.2) is 8.42 Å². The number of sulfonamides is 1. The number of hydrogen-bond donors (Lipinski definition) is 0. The summed E-state index contributed by atoms with van der Waals surface area (Å²) in [6, 6.07) is 15.6. The number of carbonyl (C=O) groups excluding carboxylic acids is 1. The molecule has 0 spiro atoms. The molecule has 1 aliphatic rings. The molecule has 0 fully saturated rings. The van der Waals surface area contributed by atoms with Crippen LogP contribution in [0.5, 0.6) is 0 Å². The van der Waals surface area contributed by atoms with Crippen LogP contribution in [-0.2, 0) is 19.6 Å². The second kappa shape index (κ2) is 6.04. The molecule has 0 saturated carbocycles. The minimum absolute atomic E-state index is 0.161. The predicted molar refractivity (Wildman–Crippen MR) is 86.8 cm³/mol.